The molecule has 0 radical (unpaired) electrons. The van der Waals surface area contributed by atoms with E-state index in [0.29, 0.717) is 0 Å². The second kappa shape index (κ2) is 39.7. The number of nitrogens with zero attached hydrogens (tertiary/aromatic N) is 5. The normalized spacial score (nSPS) is 9.76. The molecule has 0 bridgehead atoms. The molecule has 0 unspecified atom stereocenters. The van der Waals surface area contributed by atoms with E-state index in [1.807, 2.05) is 19.0 Å². The monoisotopic (exact) mass is 1010 g/mol. The van der Waals surface area contributed by atoms with Crippen LogP contribution in [0.5, 0.6) is 0 Å². The van der Waals surface area contributed by atoms with Crippen molar-refractivity contribution >= 4 is 47.0 Å². The van der Waals surface area contributed by atoms with Gasteiger partial charge in [-0.25, -0.2) is 27.2 Å². The van der Waals surface area contributed by atoms with Crippen LogP contribution in [0.1, 0.15) is 67.8 Å². The Morgan fingerprint density at radius 1 is 0.771 bits per heavy atom. The maximum absolute atomic E-state index is 13.5. The third-order valence-electron chi connectivity index (χ3n) is 7.05. The number of hydrogen-bond acceptors (Lipinski definition) is 15. The molecule has 0 atom stereocenters. The number of allylic oxidation sites excluding steroid dienone is 1. The average molecular weight is 1010 g/mol. The molecule has 0 fully saturated rings. The van der Waals surface area contributed by atoms with Gasteiger partial charge >= 0.3 is 18.1 Å². The first-order valence-electron chi connectivity index (χ1n) is 19.8. The Morgan fingerprint density at radius 3 is 1.56 bits per heavy atom. The van der Waals surface area contributed by atoms with Gasteiger partial charge in [-0.05, 0) is 62.0 Å². The number of oxime groups is 2. The van der Waals surface area contributed by atoms with Crippen molar-refractivity contribution in [2.24, 2.45) is 10.3 Å². The number of aliphatic carboxylic acids is 1. The fraction of sp³-hybridized carbons (Fsp3) is 0.191. The van der Waals surface area contributed by atoms with Crippen LogP contribution in [-0.4, -0.2) is 99.1 Å². The van der Waals surface area contributed by atoms with Crippen molar-refractivity contribution in [2.45, 2.75) is 34.6 Å². The zero-order valence-corrected chi connectivity index (χ0v) is 38.1. The van der Waals surface area contributed by atoms with Gasteiger partial charge in [-0.15, -0.1) is 0 Å². The van der Waals surface area contributed by atoms with Crippen LogP contribution in [0.15, 0.2) is 141 Å². The fourth-order valence-corrected chi connectivity index (χ4v) is 4.47. The van der Waals surface area contributed by atoms with Crippen molar-refractivity contribution in [1.82, 2.24) is 15.2 Å². The fourth-order valence-electron chi connectivity index (χ4n) is 4.31. The summed E-state index contributed by atoms with van der Waals surface area (Å²) in [6.07, 6.45) is 8.73. The van der Waals surface area contributed by atoms with Crippen LogP contribution in [0.25, 0.3) is 22.5 Å². The van der Waals surface area contributed by atoms with Gasteiger partial charge in [0, 0.05) is 37.7 Å². The van der Waals surface area contributed by atoms with Gasteiger partial charge < -0.3 is 39.3 Å². The highest BCUT2D eigenvalue weighted by Crippen LogP contribution is 2.26. The first-order chi connectivity index (χ1) is 33.4. The largest absolute Gasteiger partial charge is 0.481 e. The molecule has 70 heavy (non-hydrogen) atoms. The molecule has 17 nitrogen and oxygen atoms in total. The molecule has 0 amide bonds. The molecule has 4 N–H and O–H groups in total. The highest BCUT2D eigenvalue weighted by atomic mass is 35.5. The molecule has 0 aliphatic heterocycles. The molecular formula is C47H51ClF5N5O12. The molecular weight excluding hydrogens is 957 g/mol. The van der Waals surface area contributed by atoms with Gasteiger partial charge in [-0.2, -0.15) is 9.59 Å². The van der Waals surface area contributed by atoms with E-state index in [-0.39, 0.29) is 75.9 Å². The number of carbonyl (C=O) groups excluding carboxylic acids is 3. The van der Waals surface area contributed by atoms with Crippen LogP contribution in [0.4, 0.5) is 22.0 Å². The number of carboxylic acid groups (broad SMARTS) is 2. The minimum atomic E-state index is -1.20. The number of carbonyl (C=O) groups is 3. The van der Waals surface area contributed by atoms with Gasteiger partial charge in [-0.3, -0.25) is 9.18 Å². The maximum Gasteiger partial charge on any atom is 0.373 e. The number of rotatable bonds is 9. The quantitative estimate of drug-likeness (QED) is 0.0345. The molecule has 6 rings (SSSR count). The lowest BCUT2D eigenvalue weighted by Gasteiger charge is -2.02. The van der Waals surface area contributed by atoms with E-state index in [1.165, 1.54) is 60.7 Å². The summed E-state index contributed by atoms with van der Waals surface area (Å²) in [5, 5.41) is 44.7. The summed E-state index contributed by atoms with van der Waals surface area (Å²) in [6, 6.07) is 23.7. The molecule has 23 heteroatoms. The Hall–Kier alpha value is -8.49. The summed E-state index contributed by atoms with van der Waals surface area (Å²) in [4.78, 5) is 49.6. The van der Waals surface area contributed by atoms with E-state index in [1.54, 1.807) is 43.3 Å². The number of aromatic nitrogens is 2. The summed E-state index contributed by atoms with van der Waals surface area (Å²) in [5.74, 6) is -4.50. The van der Waals surface area contributed by atoms with E-state index < -0.39 is 42.5 Å². The summed E-state index contributed by atoms with van der Waals surface area (Å²) in [5.41, 5.74) is 0.828. The van der Waals surface area contributed by atoms with Gasteiger partial charge in [0.2, 0.25) is 0 Å². The smallest absolute Gasteiger partial charge is 0.373 e. The minimum absolute atomic E-state index is 0. The molecule has 0 aliphatic rings. The van der Waals surface area contributed by atoms with Crippen LogP contribution in [0.2, 0.25) is 0 Å². The molecule has 0 saturated carbocycles. The van der Waals surface area contributed by atoms with Gasteiger partial charge in [0.25, 0.3) is 5.97 Å². The molecule has 4 aromatic carbocycles. The van der Waals surface area contributed by atoms with Gasteiger partial charge in [0.05, 0.1) is 26.9 Å². The second-order valence-corrected chi connectivity index (χ2v) is 12.5. The zero-order valence-electron chi connectivity index (χ0n) is 38.3. The number of ether oxygens (including phenoxy) is 1. The van der Waals surface area contributed by atoms with E-state index >= 15 is 0 Å². The van der Waals surface area contributed by atoms with Gasteiger partial charge in [0.1, 0.15) is 58.3 Å². The molecule has 378 valence electrons. The molecule has 0 aliphatic carbocycles. The Morgan fingerprint density at radius 2 is 1.19 bits per heavy atom. The Balaban J connectivity index is -0.000000791. The molecule has 0 saturated heterocycles. The number of aromatic carboxylic acids is 1. The van der Waals surface area contributed by atoms with Crippen molar-refractivity contribution in [3.05, 3.63) is 167 Å². The predicted molar refractivity (Wildman–Crippen MR) is 248 cm³/mol. The number of carboxylic acids is 2. The van der Waals surface area contributed by atoms with Crippen molar-refractivity contribution in [3.63, 3.8) is 0 Å². The van der Waals surface area contributed by atoms with Crippen LogP contribution in [-0.2, 0) is 19.1 Å². The second-order valence-electron chi connectivity index (χ2n) is 12.1. The van der Waals surface area contributed by atoms with Crippen molar-refractivity contribution in [1.29, 1.82) is 0 Å². The van der Waals surface area contributed by atoms with E-state index in [9.17, 15) is 31.5 Å². The average Bonchev–Trinajstić information content (AvgIpc) is 4.03. The lowest BCUT2D eigenvalue weighted by atomic mass is 10.1. The third kappa shape index (κ3) is 26.6. The van der Waals surface area contributed by atoms with Crippen LogP contribution in [0, 0.1) is 23.3 Å². The topological polar surface area (TPSA) is 256 Å². The molecule has 0 spiro atoms. The maximum atomic E-state index is 13.5. The molecule has 6 aromatic rings. The van der Waals surface area contributed by atoms with E-state index in [2.05, 4.69) is 44.3 Å². The van der Waals surface area contributed by atoms with Crippen LogP contribution in [0.3, 0.4) is 0 Å². The predicted octanol–water partition coefficient (Wildman–Crippen LogP) is 10.9. The number of hydrogen-bond donors (Lipinski definition) is 4. The third-order valence-corrected chi connectivity index (χ3v) is 7.33. The van der Waals surface area contributed by atoms with E-state index in [0.717, 1.165) is 32.1 Å². The standard InChI is InChI=1S/C12H10FNO3.C10H6FNO3.C7H5ClFNO.C7H6FNO.C6H13N.C2H4O2.CH3F.CO2.CH4/c1-2-16-12(15)9-7-17-14-11(9)8-5-3-4-6-10(8)13;11-8-4-2-1-3-6(8)9-7(10(13)14)5-15-12-9;8-7(10-11)5-3-1-2-4-6(5)9;8-7-4-2-1-3-6(7)5-9-10;1-4-5-6-7(2)3;1-2(3)4;1-2;2-1-3;/h3-7H,2H2,1H3;1-5H,(H,13,14);1-4,11H;1-5,10H;5-6H,4H2,1-3H3;1H3,(H,3,4);1H3;;1H4/b;;10-7-;9-5+;;;;;/i;;;;;;1D;;. The van der Waals surface area contributed by atoms with E-state index in [4.69, 9.17) is 57.2 Å². The Labute approximate surface area is 405 Å². The summed E-state index contributed by atoms with van der Waals surface area (Å²) in [7, 11) is 3.04. The summed E-state index contributed by atoms with van der Waals surface area (Å²) >= 11 is 5.36. The number of alkyl halides is 1. The number of halogens is 6. The summed E-state index contributed by atoms with van der Waals surface area (Å²) in [6.45, 7) is 5.13. The highest BCUT2D eigenvalue weighted by molar-refractivity contribution is 6.69. The lowest BCUT2D eigenvalue weighted by Crippen LogP contribution is -2.05. The number of esters is 1. The zero-order chi connectivity index (χ0) is 53.4. The van der Waals surface area contributed by atoms with Crippen LogP contribution >= 0.6 is 11.6 Å². The Bertz CT molecular complexity index is 2570. The first-order valence-corrected chi connectivity index (χ1v) is 19.5. The molecule has 2 heterocycles. The minimum Gasteiger partial charge on any atom is -0.481 e. The number of benzene rings is 4. The van der Waals surface area contributed by atoms with Gasteiger partial charge in [-0.1, -0.05) is 107 Å². The molecule has 2 aromatic heterocycles. The Kier molecular flexibility index (Phi) is 36.0. The van der Waals surface area contributed by atoms with Crippen LogP contribution < -0.4 is 0 Å². The highest BCUT2D eigenvalue weighted by Gasteiger charge is 2.21. The van der Waals surface area contributed by atoms with Crippen molar-refractivity contribution < 1.29 is 81.7 Å². The van der Waals surface area contributed by atoms with Crippen molar-refractivity contribution in [2.75, 3.05) is 27.9 Å². The lowest BCUT2D eigenvalue weighted by molar-refractivity contribution is -0.191. The summed E-state index contributed by atoms with van der Waals surface area (Å²) < 4.78 is 81.7. The van der Waals surface area contributed by atoms with Gasteiger partial charge in [0.15, 0.2) is 5.17 Å². The SMILES string of the molecule is C.CC(=O)O.CCC=CN(C)C.CCOC(=O)c1conc1-c1ccccc1F.O/N=C(\Cl)c1ccccc1F.O/N=C/c1ccccc1F.O=C(O)c1conc1-c1ccccc1F.O=C=O.[2H]CF. The first kappa shape index (κ1) is 63.6. The van der Waals surface area contributed by atoms with Crippen molar-refractivity contribution in [3.8, 4) is 22.5 Å².